The Hall–Kier alpha value is -1.24. The number of rotatable bonds is 4. The Labute approximate surface area is 106 Å². The van der Waals surface area contributed by atoms with Crippen LogP contribution in [0, 0.1) is 17.7 Å². The third-order valence-corrected chi connectivity index (χ3v) is 2.25. The first kappa shape index (κ1) is 13.8. The Morgan fingerprint density at radius 2 is 2.24 bits per heavy atom. The second-order valence-electron chi connectivity index (χ2n) is 3.43. The second-order valence-corrected chi connectivity index (χ2v) is 3.70. The van der Waals surface area contributed by atoms with E-state index in [9.17, 15) is 4.39 Å². The highest BCUT2D eigenvalue weighted by Crippen LogP contribution is 2.16. The monoisotopic (exact) mass is 256 g/mol. The summed E-state index contributed by atoms with van der Waals surface area (Å²) in [5.41, 5.74) is 0.317. The molecule has 0 amide bonds. The molecular formula is C13H14ClFO2. The molecular weight excluding hydrogens is 243 g/mol. The minimum atomic E-state index is -0.412. The first-order chi connectivity index (χ1) is 8.17. The van der Waals surface area contributed by atoms with E-state index in [1.807, 2.05) is 6.92 Å². The number of alkyl halides is 1. The van der Waals surface area contributed by atoms with E-state index >= 15 is 0 Å². The summed E-state index contributed by atoms with van der Waals surface area (Å²) in [4.78, 5) is 0. The van der Waals surface area contributed by atoms with Crippen molar-refractivity contribution in [2.75, 3.05) is 19.6 Å². The van der Waals surface area contributed by atoms with Crippen molar-refractivity contribution in [2.24, 2.45) is 0 Å². The van der Waals surface area contributed by atoms with Gasteiger partial charge in [0, 0.05) is 13.2 Å². The molecule has 0 radical (unpaired) electrons. The molecule has 1 rings (SSSR count). The number of hydrogen-bond acceptors (Lipinski definition) is 2. The van der Waals surface area contributed by atoms with E-state index in [1.54, 1.807) is 19.2 Å². The SMILES string of the molecule is COC(C)COc1ccc(C#CCCl)c(F)c1. The Balaban J connectivity index is 2.68. The van der Waals surface area contributed by atoms with Gasteiger partial charge in [-0.25, -0.2) is 4.39 Å². The number of ether oxygens (including phenoxy) is 2. The van der Waals surface area contributed by atoms with Crippen molar-refractivity contribution in [3.8, 4) is 17.6 Å². The molecule has 0 aliphatic heterocycles. The first-order valence-electron chi connectivity index (χ1n) is 5.17. The van der Waals surface area contributed by atoms with Crippen molar-refractivity contribution in [1.29, 1.82) is 0 Å². The van der Waals surface area contributed by atoms with E-state index in [-0.39, 0.29) is 12.0 Å². The average Bonchev–Trinajstić information content (AvgIpc) is 2.34. The molecule has 0 bridgehead atoms. The summed E-state index contributed by atoms with van der Waals surface area (Å²) in [5, 5.41) is 0. The molecule has 17 heavy (non-hydrogen) atoms. The summed E-state index contributed by atoms with van der Waals surface area (Å²) in [7, 11) is 1.60. The van der Waals surface area contributed by atoms with Gasteiger partial charge < -0.3 is 9.47 Å². The Bertz CT molecular complexity index is 423. The minimum Gasteiger partial charge on any atom is -0.491 e. The van der Waals surface area contributed by atoms with Crippen molar-refractivity contribution >= 4 is 11.6 Å². The van der Waals surface area contributed by atoms with Gasteiger partial charge >= 0.3 is 0 Å². The summed E-state index contributed by atoms with van der Waals surface area (Å²) in [6.45, 7) is 2.25. The van der Waals surface area contributed by atoms with E-state index in [0.29, 0.717) is 17.9 Å². The van der Waals surface area contributed by atoms with Crippen LogP contribution in [0.5, 0.6) is 5.75 Å². The molecule has 92 valence electrons. The summed E-state index contributed by atoms with van der Waals surface area (Å²) >= 11 is 5.40. The van der Waals surface area contributed by atoms with Crippen LogP contribution >= 0.6 is 11.6 Å². The molecule has 0 fully saturated rings. The number of hydrogen-bond donors (Lipinski definition) is 0. The van der Waals surface area contributed by atoms with Crippen LogP contribution in [0.2, 0.25) is 0 Å². The summed E-state index contributed by atoms with van der Waals surface area (Å²) in [5.74, 6) is 5.46. The number of methoxy groups -OCH3 is 1. The van der Waals surface area contributed by atoms with Gasteiger partial charge in [-0.3, -0.25) is 0 Å². The third-order valence-electron chi connectivity index (χ3n) is 2.12. The molecule has 1 atom stereocenters. The Morgan fingerprint density at radius 1 is 1.47 bits per heavy atom. The maximum absolute atomic E-state index is 13.5. The maximum atomic E-state index is 13.5. The molecule has 0 aliphatic rings. The largest absolute Gasteiger partial charge is 0.491 e. The van der Waals surface area contributed by atoms with Crippen LogP contribution in [0.15, 0.2) is 18.2 Å². The highest BCUT2D eigenvalue weighted by Gasteiger charge is 2.04. The highest BCUT2D eigenvalue weighted by atomic mass is 35.5. The van der Waals surface area contributed by atoms with Gasteiger partial charge in [0.1, 0.15) is 18.2 Å². The number of benzene rings is 1. The smallest absolute Gasteiger partial charge is 0.142 e. The van der Waals surface area contributed by atoms with Crippen LogP contribution < -0.4 is 4.74 Å². The lowest BCUT2D eigenvalue weighted by atomic mass is 10.2. The van der Waals surface area contributed by atoms with Gasteiger partial charge in [0.15, 0.2) is 0 Å². The zero-order chi connectivity index (χ0) is 12.7. The van der Waals surface area contributed by atoms with E-state index in [2.05, 4.69) is 11.8 Å². The van der Waals surface area contributed by atoms with Gasteiger partial charge in [0.25, 0.3) is 0 Å². The molecule has 0 spiro atoms. The maximum Gasteiger partial charge on any atom is 0.142 e. The molecule has 0 saturated carbocycles. The van der Waals surface area contributed by atoms with Crippen LogP contribution in [-0.2, 0) is 4.74 Å². The van der Waals surface area contributed by atoms with Crippen molar-refractivity contribution in [3.63, 3.8) is 0 Å². The summed E-state index contributed by atoms with van der Waals surface area (Å²) in [6.07, 6.45) is -0.0335. The zero-order valence-corrected chi connectivity index (χ0v) is 10.6. The zero-order valence-electron chi connectivity index (χ0n) is 9.80. The van der Waals surface area contributed by atoms with E-state index < -0.39 is 5.82 Å². The molecule has 0 saturated heterocycles. The lowest BCUT2D eigenvalue weighted by molar-refractivity contribution is 0.0715. The second kappa shape index (κ2) is 7.16. The molecule has 0 N–H and O–H groups in total. The Morgan fingerprint density at radius 3 is 2.82 bits per heavy atom. The van der Waals surface area contributed by atoms with E-state index in [4.69, 9.17) is 21.1 Å². The van der Waals surface area contributed by atoms with Gasteiger partial charge in [0.2, 0.25) is 0 Å². The predicted molar refractivity (Wildman–Crippen MR) is 66.0 cm³/mol. The highest BCUT2D eigenvalue weighted by molar-refractivity contribution is 6.19. The van der Waals surface area contributed by atoms with Crippen molar-refractivity contribution in [1.82, 2.24) is 0 Å². The lowest BCUT2D eigenvalue weighted by Crippen LogP contribution is -2.15. The van der Waals surface area contributed by atoms with Crippen molar-refractivity contribution in [3.05, 3.63) is 29.6 Å². The first-order valence-corrected chi connectivity index (χ1v) is 5.70. The molecule has 4 heteroatoms. The molecule has 2 nitrogen and oxygen atoms in total. The van der Waals surface area contributed by atoms with Crippen LogP contribution in [0.25, 0.3) is 0 Å². The summed E-state index contributed by atoms with van der Waals surface area (Å²) < 4.78 is 23.9. The normalized spacial score (nSPS) is 11.5. The predicted octanol–water partition coefficient (Wildman–Crippen LogP) is 2.83. The molecule has 1 unspecified atom stereocenters. The fourth-order valence-electron chi connectivity index (χ4n) is 1.10. The van der Waals surface area contributed by atoms with Gasteiger partial charge in [0.05, 0.1) is 17.5 Å². The van der Waals surface area contributed by atoms with Crippen molar-refractivity contribution in [2.45, 2.75) is 13.0 Å². The average molecular weight is 257 g/mol. The number of halogens is 2. The van der Waals surface area contributed by atoms with Crippen molar-refractivity contribution < 1.29 is 13.9 Å². The fraction of sp³-hybridized carbons (Fsp3) is 0.385. The van der Waals surface area contributed by atoms with Crippen LogP contribution in [0.1, 0.15) is 12.5 Å². The molecule has 0 aliphatic carbocycles. The van der Waals surface area contributed by atoms with Crippen LogP contribution in [-0.4, -0.2) is 25.7 Å². The molecule has 0 heterocycles. The van der Waals surface area contributed by atoms with Crippen LogP contribution in [0.3, 0.4) is 0 Å². The van der Waals surface area contributed by atoms with Gasteiger partial charge in [-0.2, -0.15) is 0 Å². The van der Waals surface area contributed by atoms with Gasteiger partial charge in [-0.1, -0.05) is 11.8 Å². The van der Waals surface area contributed by atoms with E-state index in [1.165, 1.54) is 6.07 Å². The lowest BCUT2D eigenvalue weighted by Gasteiger charge is -2.11. The van der Waals surface area contributed by atoms with Gasteiger partial charge in [-0.05, 0) is 19.1 Å². The molecule has 1 aromatic carbocycles. The molecule has 1 aromatic rings. The third kappa shape index (κ3) is 4.64. The topological polar surface area (TPSA) is 18.5 Å². The minimum absolute atomic E-state index is 0.0335. The molecule has 0 aromatic heterocycles. The Kier molecular flexibility index (Phi) is 5.82. The summed E-state index contributed by atoms with van der Waals surface area (Å²) in [6, 6.07) is 4.55. The quantitative estimate of drug-likeness (QED) is 0.609. The standard InChI is InChI=1S/C13H14ClFO2/c1-10(16-2)9-17-12-6-5-11(4-3-7-14)13(15)8-12/h5-6,8,10H,7,9H2,1-2H3. The van der Waals surface area contributed by atoms with E-state index in [0.717, 1.165) is 0 Å². The fourth-order valence-corrected chi connectivity index (χ4v) is 1.16. The van der Waals surface area contributed by atoms with Crippen LogP contribution in [0.4, 0.5) is 4.39 Å². The van der Waals surface area contributed by atoms with Gasteiger partial charge in [-0.15, -0.1) is 11.6 Å².